The smallest absolute Gasteiger partial charge is 0.128 e. The van der Waals surface area contributed by atoms with Crippen LogP contribution in [0.2, 0.25) is 0 Å². The van der Waals surface area contributed by atoms with E-state index >= 15 is 0 Å². The molecular weight excluding hydrogens is 1680 g/mol. The van der Waals surface area contributed by atoms with E-state index in [9.17, 15) is 4.39 Å². The van der Waals surface area contributed by atoms with Gasteiger partial charge in [-0.15, -0.1) is 11.6 Å². The molecule has 32 heteroatoms. The molecule has 0 aliphatic carbocycles. The third kappa shape index (κ3) is 23.5. The highest BCUT2D eigenvalue weighted by atomic mass is 35.5. The first-order valence-corrected chi connectivity index (χ1v) is 42.7. The van der Waals surface area contributed by atoms with Gasteiger partial charge in [-0.2, -0.15) is 20.4 Å². The fourth-order valence-electron chi connectivity index (χ4n) is 14.6. The molecule has 0 radical (unpaired) electrons. The fraction of sp³-hybridized carbons (Fsp3) is 0.242. The van der Waals surface area contributed by atoms with E-state index < -0.39 is 0 Å². The minimum atomic E-state index is -0.361. The molecule has 0 saturated heterocycles. The molecule has 9 aromatic heterocycles. The summed E-state index contributed by atoms with van der Waals surface area (Å²) in [5, 5.41) is 20.5. The van der Waals surface area contributed by atoms with Gasteiger partial charge in [0.05, 0.1) is 173 Å². The number of hydrogen-bond donors (Lipinski definition) is 2. The van der Waals surface area contributed by atoms with Crippen LogP contribution in [0.4, 0.5) is 49.9 Å². The molecule has 0 spiro atoms. The predicted octanol–water partition coefficient (Wildman–Crippen LogP) is 17.7. The summed E-state index contributed by atoms with van der Waals surface area (Å²) in [4.78, 5) is 50.2. The zero-order chi connectivity index (χ0) is 92.2. The number of nitrogens with two attached hydrogens (primary N) is 1. The predicted molar refractivity (Wildman–Crippen MR) is 514 cm³/mol. The van der Waals surface area contributed by atoms with Gasteiger partial charge in [-0.1, -0.05) is 25.7 Å². The molecule has 0 fully saturated rings. The molecule has 3 N–H and O–H groups in total. The Morgan fingerprint density at radius 1 is 0.382 bits per heavy atom. The highest BCUT2D eigenvalue weighted by Crippen LogP contribution is 2.40. The van der Waals surface area contributed by atoms with Crippen LogP contribution in [-0.4, -0.2) is 184 Å². The van der Waals surface area contributed by atoms with Crippen LogP contribution in [0, 0.1) is 17.7 Å². The van der Waals surface area contributed by atoms with E-state index in [-0.39, 0.29) is 17.9 Å². The number of fused-ring (bicyclic) bond motifs is 4. The normalized spacial score (nSPS) is 11.4. The Morgan fingerprint density at radius 3 is 1.02 bits per heavy atom. The number of methoxy groups -OCH3 is 7. The van der Waals surface area contributed by atoms with Gasteiger partial charge in [-0.05, 0) is 111 Å². The molecular formula is C99H103ClFN23O7. The maximum Gasteiger partial charge on any atom is 0.128 e. The topological polar surface area (TPSA) is 303 Å². The zero-order valence-corrected chi connectivity index (χ0v) is 76.4. The number of aromatic nitrogens is 17. The number of rotatable bonds is 29. The van der Waals surface area contributed by atoms with E-state index in [2.05, 4.69) is 110 Å². The molecule has 0 amide bonds. The molecule has 9 heterocycles. The number of aryl methyl sites for hydroxylation is 4. The molecule has 17 rings (SSSR count). The highest BCUT2D eigenvalue weighted by molar-refractivity contribution is 6.17. The Bertz CT molecular complexity index is 6770. The van der Waals surface area contributed by atoms with E-state index in [1.165, 1.54) is 19.2 Å². The van der Waals surface area contributed by atoms with Crippen LogP contribution < -0.4 is 63.8 Å². The highest BCUT2D eigenvalue weighted by Gasteiger charge is 2.23. The van der Waals surface area contributed by atoms with Gasteiger partial charge in [0, 0.05) is 249 Å². The summed E-state index contributed by atoms with van der Waals surface area (Å²) in [5.74, 6) is 11.4. The molecule has 1 unspecified atom stereocenters. The third-order valence-corrected chi connectivity index (χ3v) is 21.2. The summed E-state index contributed by atoms with van der Waals surface area (Å²) in [5.41, 5.74) is 27.4. The van der Waals surface area contributed by atoms with Crippen molar-refractivity contribution in [2.75, 3.05) is 101 Å². The monoisotopic (exact) mass is 1780 g/mol. The van der Waals surface area contributed by atoms with Gasteiger partial charge >= 0.3 is 0 Å². The second-order valence-corrected chi connectivity index (χ2v) is 31.5. The average Bonchev–Trinajstić information content (AvgIpc) is 1.63. The Balaban J connectivity index is 0.000000141. The SMILES string of the molecule is COc1cc(F)cc(N(CCCCl)c2ccc3ncc(-c4cnn(C)c4)nc3c2)c1.COc1cc(OC)cc(N(CC#Cc2ccncc2)c2ccc3ncc(-c4cnn(C)c4)nc3c2)c1.COc1cc(OC)cc(N(CC(C)NC(C)C)c2ccc3ncc(-c4cnn(C)c4)nc3c2)c1.COc1cc(OC)cc(N(C[C@@H](C)N)c2ccc3ncc(-c4cnn(C)c4)nc3c2)c1. The lowest BCUT2D eigenvalue weighted by molar-refractivity contribution is 0.394. The minimum absolute atomic E-state index is 0.0549. The van der Waals surface area contributed by atoms with E-state index in [1.807, 2.05) is 192 Å². The Labute approximate surface area is 764 Å². The molecule has 8 aromatic carbocycles. The zero-order valence-electron chi connectivity index (χ0n) is 75.7. The first kappa shape index (κ1) is 91.8. The molecule has 2 atom stereocenters. The van der Waals surface area contributed by atoms with Gasteiger partial charge in [0.1, 0.15) is 46.1 Å². The van der Waals surface area contributed by atoms with Crippen LogP contribution in [0.1, 0.15) is 39.7 Å². The van der Waals surface area contributed by atoms with Crippen molar-refractivity contribution in [2.24, 2.45) is 33.9 Å². The van der Waals surface area contributed by atoms with Crippen molar-refractivity contribution in [3.63, 3.8) is 0 Å². The van der Waals surface area contributed by atoms with Gasteiger partial charge in [-0.3, -0.25) is 43.6 Å². The van der Waals surface area contributed by atoms with E-state index in [0.29, 0.717) is 66.0 Å². The fourth-order valence-corrected chi connectivity index (χ4v) is 14.7. The van der Waals surface area contributed by atoms with Gasteiger partial charge in [0.25, 0.3) is 0 Å². The third-order valence-electron chi connectivity index (χ3n) is 20.9. The van der Waals surface area contributed by atoms with Gasteiger partial charge in [-0.25, -0.2) is 24.3 Å². The van der Waals surface area contributed by atoms with Gasteiger partial charge in [0.2, 0.25) is 0 Å². The molecule has 30 nitrogen and oxygen atoms in total. The Kier molecular flexibility index (Phi) is 30.1. The maximum absolute atomic E-state index is 14.1. The van der Waals surface area contributed by atoms with Gasteiger partial charge < -0.3 is 63.8 Å². The molecule has 670 valence electrons. The molecule has 0 aliphatic rings. The average molecular weight is 1780 g/mol. The summed E-state index contributed by atoms with van der Waals surface area (Å²) in [6, 6.07) is 50.4. The second-order valence-electron chi connectivity index (χ2n) is 31.1. The van der Waals surface area contributed by atoms with Crippen LogP contribution in [0.5, 0.6) is 40.2 Å². The summed E-state index contributed by atoms with van der Waals surface area (Å²) in [6.07, 6.45) is 26.1. The molecule has 131 heavy (non-hydrogen) atoms. The van der Waals surface area contributed by atoms with Crippen molar-refractivity contribution in [3.8, 4) is 97.1 Å². The molecule has 0 bridgehead atoms. The maximum atomic E-state index is 14.1. The lowest BCUT2D eigenvalue weighted by Gasteiger charge is -2.30. The lowest BCUT2D eigenvalue weighted by Crippen LogP contribution is -2.40. The number of nitrogens with one attached hydrogen (secondary N) is 1. The summed E-state index contributed by atoms with van der Waals surface area (Å²) in [6.45, 7) is 10.9. The number of ether oxygens (including phenoxy) is 7. The number of benzene rings is 8. The quantitative estimate of drug-likeness (QED) is 0.0325. The molecule has 0 saturated carbocycles. The number of anilines is 8. The van der Waals surface area contributed by atoms with Crippen LogP contribution in [-0.2, 0) is 28.2 Å². The van der Waals surface area contributed by atoms with Crippen molar-refractivity contribution in [1.82, 2.24) is 89.3 Å². The van der Waals surface area contributed by atoms with Crippen molar-refractivity contribution in [2.45, 2.75) is 52.2 Å². The number of alkyl halides is 1. The van der Waals surface area contributed by atoms with Crippen molar-refractivity contribution in [3.05, 3.63) is 256 Å². The van der Waals surface area contributed by atoms with E-state index in [4.69, 9.17) is 70.4 Å². The first-order chi connectivity index (χ1) is 63.5. The standard InChI is InChI=1S/C28H24N6O2.C26H32N6O2.C23H26N6O2.C22H21ClFN5O/c1-33-19-21(17-31-33)28-18-30-26-7-6-22(15-27(26)32-28)34(12-4-5-20-8-10-29-11-9-20)23-13-24(35-2)16-25(14-23)36-3;1-17(2)29-18(3)15-32(21-9-22(33-5)12-23(10-21)34-6)20-7-8-24-25(11-20)30-26(14-27-24)19-13-28-31(4)16-19;1-15(24)13-29(18-7-19(30-3)10-20(8-18)31-4)17-5-6-21-22(9-17)27-23(12-25-21)16-11-26-28(2)14-16;1-28-14-15(12-26-28)22-13-25-20-5-4-17(11-21(20)27-22)29(7-3-6-23)18-8-16(24)9-19(10-18)30-2/h6-11,13-19H,12H2,1-3H3;7-14,16-18,29H,15H2,1-6H3;5-12,14-15H,13,24H2,1-4H3;4-5,8-14H,3,6-7H2,1-2H3/t;;15-;/m..1./s1. The Morgan fingerprint density at radius 2 is 0.702 bits per heavy atom. The summed E-state index contributed by atoms with van der Waals surface area (Å²) in [7, 11) is 18.9. The lowest BCUT2D eigenvalue weighted by atomic mass is 10.1. The summed E-state index contributed by atoms with van der Waals surface area (Å²) < 4.78 is 59.4. The number of hydrogen-bond acceptors (Lipinski definition) is 26. The van der Waals surface area contributed by atoms with E-state index in [0.717, 1.165) is 159 Å². The minimum Gasteiger partial charge on any atom is -0.497 e. The van der Waals surface area contributed by atoms with Crippen molar-refractivity contribution >= 4 is 101 Å². The molecule has 0 aliphatic heterocycles. The second kappa shape index (κ2) is 42.9. The van der Waals surface area contributed by atoms with Crippen LogP contribution in [0.25, 0.3) is 89.2 Å². The number of pyridine rings is 1. The Hall–Kier alpha value is -15.4. The first-order valence-electron chi connectivity index (χ1n) is 42.2. The van der Waals surface area contributed by atoms with Crippen LogP contribution in [0.3, 0.4) is 0 Å². The van der Waals surface area contributed by atoms with Crippen molar-refractivity contribution < 1.29 is 37.5 Å². The van der Waals surface area contributed by atoms with Crippen LogP contribution >= 0.6 is 11.6 Å². The van der Waals surface area contributed by atoms with Crippen molar-refractivity contribution in [1.29, 1.82) is 0 Å². The van der Waals surface area contributed by atoms with E-state index in [1.54, 1.807) is 129 Å². The largest absolute Gasteiger partial charge is 0.497 e. The number of halogens is 2. The summed E-state index contributed by atoms with van der Waals surface area (Å²) >= 11 is 5.94. The molecule has 17 aromatic rings. The van der Waals surface area contributed by atoms with Crippen LogP contribution in [0.15, 0.2) is 244 Å². The van der Waals surface area contributed by atoms with Gasteiger partial charge in [0.15, 0.2) is 0 Å². The number of nitrogens with zero attached hydrogens (tertiary/aromatic N) is 21.